The minimum absolute atomic E-state index is 0.0191. The van der Waals surface area contributed by atoms with Crippen LogP contribution in [0, 0.1) is 30.6 Å². The third-order valence-corrected chi connectivity index (χ3v) is 10.5. The summed E-state index contributed by atoms with van der Waals surface area (Å²) >= 11 is 0. The topological polar surface area (TPSA) is 68.3 Å². The van der Waals surface area contributed by atoms with E-state index < -0.39 is 0 Å². The van der Waals surface area contributed by atoms with Crippen molar-refractivity contribution < 1.29 is 19.2 Å². The molecule has 2 aliphatic rings. The van der Waals surface area contributed by atoms with Gasteiger partial charge in [0.25, 0.3) is 0 Å². The summed E-state index contributed by atoms with van der Waals surface area (Å²) in [6, 6.07) is 11.8. The van der Waals surface area contributed by atoms with E-state index >= 15 is 0 Å². The number of carbonyl (C=O) groups excluding carboxylic acids is 4. The van der Waals surface area contributed by atoms with E-state index in [1.165, 1.54) is 50.2 Å². The quantitative estimate of drug-likeness (QED) is 0.143. The highest BCUT2D eigenvalue weighted by atomic mass is 16.1. The van der Waals surface area contributed by atoms with Crippen molar-refractivity contribution in [3.8, 4) is 0 Å². The largest absolute Gasteiger partial charge is 0.300 e. The highest BCUT2D eigenvalue weighted by Gasteiger charge is 2.34. The van der Waals surface area contributed by atoms with Crippen molar-refractivity contribution in [3.63, 3.8) is 0 Å². The highest BCUT2D eigenvalue weighted by Crippen LogP contribution is 2.39. The molecule has 0 heterocycles. The number of hydrogen-bond donors (Lipinski definition) is 0. The molecule has 2 aromatic rings. The van der Waals surface area contributed by atoms with E-state index in [-0.39, 0.29) is 47.3 Å². The summed E-state index contributed by atoms with van der Waals surface area (Å²) in [5, 5.41) is 0. The predicted molar refractivity (Wildman–Crippen MR) is 178 cm³/mol. The molecule has 2 aromatic carbocycles. The Balaban J connectivity index is 1.60. The summed E-state index contributed by atoms with van der Waals surface area (Å²) in [6.07, 6.45) is 14.8. The van der Waals surface area contributed by atoms with Gasteiger partial charge in [-0.05, 0) is 92.4 Å². The summed E-state index contributed by atoms with van der Waals surface area (Å²) < 4.78 is 0. The van der Waals surface area contributed by atoms with Crippen molar-refractivity contribution >= 4 is 23.1 Å². The molecule has 44 heavy (non-hydrogen) atoms. The van der Waals surface area contributed by atoms with Crippen LogP contribution in [0.5, 0.6) is 0 Å². The Morgan fingerprint density at radius 1 is 0.909 bits per heavy atom. The van der Waals surface area contributed by atoms with Crippen LogP contribution in [0.2, 0.25) is 0 Å². The second kappa shape index (κ2) is 16.4. The molecule has 4 nitrogen and oxygen atoms in total. The number of ketones is 4. The Bertz CT molecular complexity index is 1300. The summed E-state index contributed by atoms with van der Waals surface area (Å²) in [4.78, 5) is 51.8. The van der Waals surface area contributed by atoms with Crippen LogP contribution in [0.25, 0.3) is 0 Å². The second-order valence-corrected chi connectivity index (χ2v) is 13.8. The number of fused-ring (bicyclic) bond motifs is 1. The minimum atomic E-state index is -0.118. The first kappa shape index (κ1) is 34.0. The molecular weight excluding hydrogens is 544 g/mol. The lowest BCUT2D eigenvalue weighted by Gasteiger charge is -2.33. The standard InChI is InChI=1S/C40H54O4/c1-5-13-33(35(6-2)38(43)22-27(3)41)23-30-24-36-34(19-18-29-14-9-7-10-15-29)26-32(28(4)40(36)39(44)25-30)20-21-37(42)31-16-11-8-12-17-31/h8,11-12,16-17,26,29-30,33,35H,5-7,9-10,13-15,18-25H2,1-4H3. The fraction of sp³-hybridized carbons (Fsp3) is 0.600. The van der Waals surface area contributed by atoms with E-state index in [0.717, 1.165) is 73.1 Å². The molecule has 0 N–H and O–H groups in total. The van der Waals surface area contributed by atoms with Crippen LogP contribution >= 0.6 is 0 Å². The zero-order valence-electron chi connectivity index (χ0n) is 27.7. The number of carbonyl (C=O) groups is 4. The van der Waals surface area contributed by atoms with Gasteiger partial charge in [0.2, 0.25) is 0 Å². The molecule has 0 amide bonds. The van der Waals surface area contributed by atoms with Crippen molar-refractivity contribution in [3.05, 3.63) is 69.8 Å². The summed E-state index contributed by atoms with van der Waals surface area (Å²) in [5.74, 6) is 1.42. The minimum Gasteiger partial charge on any atom is -0.300 e. The summed E-state index contributed by atoms with van der Waals surface area (Å²) in [5.41, 5.74) is 6.39. The molecule has 4 heteroatoms. The van der Waals surface area contributed by atoms with Crippen molar-refractivity contribution in [2.45, 2.75) is 130 Å². The molecular formula is C40H54O4. The number of benzene rings is 2. The zero-order chi connectivity index (χ0) is 31.6. The molecule has 2 aliphatic carbocycles. The van der Waals surface area contributed by atoms with Crippen molar-refractivity contribution in [2.75, 3.05) is 0 Å². The Labute approximate surface area is 265 Å². The van der Waals surface area contributed by atoms with E-state index in [9.17, 15) is 19.2 Å². The Morgan fingerprint density at radius 2 is 1.64 bits per heavy atom. The second-order valence-electron chi connectivity index (χ2n) is 13.8. The molecule has 0 radical (unpaired) electrons. The SMILES string of the molecule is CCCC(CC1CC(=O)c2c(C)c(CCC(=O)c3ccccc3)cc(CCC3CCCCC3)c2C1)C(CC)C(=O)CC(C)=O. The van der Waals surface area contributed by atoms with E-state index in [4.69, 9.17) is 0 Å². The number of hydrogen-bond acceptors (Lipinski definition) is 4. The monoisotopic (exact) mass is 598 g/mol. The lowest BCUT2D eigenvalue weighted by molar-refractivity contribution is -0.129. The fourth-order valence-corrected chi connectivity index (χ4v) is 8.27. The molecule has 1 fully saturated rings. The molecule has 238 valence electrons. The van der Waals surface area contributed by atoms with Crippen molar-refractivity contribution in [2.24, 2.45) is 23.7 Å². The van der Waals surface area contributed by atoms with Gasteiger partial charge in [0.15, 0.2) is 11.6 Å². The maximum absolute atomic E-state index is 14.0. The third kappa shape index (κ3) is 8.86. The molecule has 4 rings (SSSR count). The molecule has 1 saturated carbocycles. The number of rotatable bonds is 16. The Kier molecular flexibility index (Phi) is 12.7. The molecule has 3 unspecified atom stereocenters. The first-order valence-corrected chi connectivity index (χ1v) is 17.5. The summed E-state index contributed by atoms with van der Waals surface area (Å²) in [6.45, 7) is 7.80. The van der Waals surface area contributed by atoms with Gasteiger partial charge in [-0.3, -0.25) is 19.2 Å². The van der Waals surface area contributed by atoms with Gasteiger partial charge in [0, 0.05) is 29.9 Å². The van der Waals surface area contributed by atoms with E-state index in [1.807, 2.05) is 30.3 Å². The van der Waals surface area contributed by atoms with Gasteiger partial charge in [-0.1, -0.05) is 95.2 Å². The lowest BCUT2D eigenvalue weighted by Crippen LogP contribution is -2.30. The maximum Gasteiger partial charge on any atom is 0.163 e. The average Bonchev–Trinajstić information content (AvgIpc) is 3.01. The van der Waals surface area contributed by atoms with Crippen LogP contribution < -0.4 is 0 Å². The normalized spacial score (nSPS) is 18.5. The maximum atomic E-state index is 14.0. The van der Waals surface area contributed by atoms with Crippen LogP contribution in [0.4, 0.5) is 0 Å². The Hall–Kier alpha value is -2.88. The van der Waals surface area contributed by atoms with E-state index in [2.05, 4.69) is 26.8 Å². The van der Waals surface area contributed by atoms with Gasteiger partial charge in [-0.25, -0.2) is 0 Å². The van der Waals surface area contributed by atoms with Crippen LogP contribution in [0.1, 0.15) is 147 Å². The fourth-order valence-electron chi connectivity index (χ4n) is 8.27. The molecule has 0 saturated heterocycles. The summed E-state index contributed by atoms with van der Waals surface area (Å²) in [7, 11) is 0. The van der Waals surface area contributed by atoms with Gasteiger partial charge in [-0.15, -0.1) is 0 Å². The average molecular weight is 599 g/mol. The predicted octanol–water partition coefficient (Wildman–Crippen LogP) is 9.45. The van der Waals surface area contributed by atoms with Crippen LogP contribution in [-0.4, -0.2) is 23.1 Å². The first-order valence-electron chi connectivity index (χ1n) is 17.5. The van der Waals surface area contributed by atoms with Crippen LogP contribution in [-0.2, 0) is 28.9 Å². The van der Waals surface area contributed by atoms with Crippen molar-refractivity contribution in [1.29, 1.82) is 0 Å². The van der Waals surface area contributed by atoms with E-state index in [1.54, 1.807) is 0 Å². The Morgan fingerprint density at radius 3 is 2.30 bits per heavy atom. The highest BCUT2D eigenvalue weighted by molar-refractivity contribution is 6.01. The van der Waals surface area contributed by atoms with Gasteiger partial charge in [-0.2, -0.15) is 0 Å². The lowest BCUT2D eigenvalue weighted by atomic mass is 9.70. The molecule has 3 atom stereocenters. The third-order valence-electron chi connectivity index (χ3n) is 10.5. The smallest absolute Gasteiger partial charge is 0.163 e. The van der Waals surface area contributed by atoms with E-state index in [0.29, 0.717) is 19.3 Å². The zero-order valence-corrected chi connectivity index (χ0v) is 27.7. The molecule has 0 aliphatic heterocycles. The first-order chi connectivity index (χ1) is 21.2. The van der Waals surface area contributed by atoms with Gasteiger partial charge in [0.05, 0.1) is 6.42 Å². The number of Topliss-reactive ketones (excluding diaryl/α,β-unsaturated/α-hetero) is 4. The van der Waals surface area contributed by atoms with Gasteiger partial charge >= 0.3 is 0 Å². The van der Waals surface area contributed by atoms with Gasteiger partial charge < -0.3 is 0 Å². The molecule has 0 spiro atoms. The number of aryl methyl sites for hydroxylation is 2. The molecule has 0 bridgehead atoms. The van der Waals surface area contributed by atoms with Gasteiger partial charge in [0.1, 0.15) is 11.6 Å². The van der Waals surface area contributed by atoms with Crippen molar-refractivity contribution in [1.82, 2.24) is 0 Å². The van der Waals surface area contributed by atoms with Crippen LogP contribution in [0.3, 0.4) is 0 Å². The van der Waals surface area contributed by atoms with Crippen LogP contribution in [0.15, 0.2) is 36.4 Å². The molecule has 0 aromatic heterocycles.